The number of benzene rings is 3. The van der Waals surface area contributed by atoms with Crippen molar-refractivity contribution in [3.63, 3.8) is 0 Å². The Morgan fingerprint density at radius 1 is 1.07 bits per heavy atom. The van der Waals surface area contributed by atoms with E-state index in [4.69, 9.17) is 13.7 Å². The van der Waals surface area contributed by atoms with Crippen LogP contribution in [-0.2, 0) is 26.2 Å². The number of ether oxygens (including phenoxy) is 2. The zero-order valence-corrected chi connectivity index (χ0v) is 27.2. The minimum Gasteiger partial charge on any atom is -0.496 e. The van der Waals surface area contributed by atoms with Crippen molar-refractivity contribution in [3.8, 4) is 22.6 Å². The molecule has 3 aromatic rings. The van der Waals surface area contributed by atoms with Gasteiger partial charge >= 0.3 is 10.1 Å². The molecule has 2 aliphatic rings. The first kappa shape index (κ1) is 32.5. The number of carbonyl (C=O) groups excluding carboxylic acids is 1. The van der Waals surface area contributed by atoms with Gasteiger partial charge in [0.2, 0.25) is 0 Å². The van der Waals surface area contributed by atoms with E-state index in [1.165, 1.54) is 19.2 Å². The quantitative estimate of drug-likeness (QED) is 0.279. The highest BCUT2D eigenvalue weighted by molar-refractivity contribution is 7.87. The lowest BCUT2D eigenvalue weighted by Gasteiger charge is -2.40. The van der Waals surface area contributed by atoms with Gasteiger partial charge in [0, 0.05) is 49.6 Å². The summed E-state index contributed by atoms with van der Waals surface area (Å²) < 4.78 is 56.3. The molecule has 0 radical (unpaired) electrons. The summed E-state index contributed by atoms with van der Waals surface area (Å²) in [5.74, 6) is -0.0339. The van der Waals surface area contributed by atoms with E-state index in [0.717, 1.165) is 35.5 Å². The molecule has 10 nitrogen and oxygen atoms in total. The maximum absolute atomic E-state index is 14.1. The van der Waals surface area contributed by atoms with Crippen LogP contribution < -0.4 is 24.5 Å². The van der Waals surface area contributed by atoms with Crippen molar-refractivity contribution in [2.24, 2.45) is 0 Å². The van der Waals surface area contributed by atoms with E-state index >= 15 is 0 Å². The minimum atomic E-state index is -3.84. The Morgan fingerprint density at radius 2 is 1.80 bits per heavy atom. The Morgan fingerprint density at radius 3 is 2.53 bits per heavy atom. The summed E-state index contributed by atoms with van der Waals surface area (Å²) in [7, 11) is -0.592. The summed E-state index contributed by atoms with van der Waals surface area (Å²) in [5, 5.41) is 6.70. The molecule has 45 heavy (non-hydrogen) atoms. The second-order valence-corrected chi connectivity index (χ2v) is 13.6. The van der Waals surface area contributed by atoms with Crippen molar-refractivity contribution in [1.29, 1.82) is 0 Å². The maximum Gasteiger partial charge on any atom is 0.309 e. The fourth-order valence-electron chi connectivity index (χ4n) is 5.85. The molecule has 0 bridgehead atoms. The van der Waals surface area contributed by atoms with E-state index in [2.05, 4.69) is 15.5 Å². The number of rotatable bonds is 11. The molecular formula is C33H41FN4O6S. The molecule has 12 heteroatoms. The van der Waals surface area contributed by atoms with Gasteiger partial charge in [0.1, 0.15) is 22.9 Å². The van der Waals surface area contributed by atoms with E-state index in [1.807, 2.05) is 32.9 Å². The number of aryl methyl sites for hydroxylation is 1. The molecule has 1 fully saturated rings. The molecule has 2 N–H and O–H groups in total. The van der Waals surface area contributed by atoms with Crippen LogP contribution >= 0.6 is 0 Å². The molecule has 0 unspecified atom stereocenters. The van der Waals surface area contributed by atoms with Crippen molar-refractivity contribution < 1.29 is 31.3 Å². The molecule has 1 saturated heterocycles. The molecule has 242 valence electrons. The van der Waals surface area contributed by atoms with Crippen LogP contribution in [0.15, 0.2) is 48.5 Å². The van der Waals surface area contributed by atoms with Gasteiger partial charge in [0.25, 0.3) is 5.91 Å². The molecule has 1 amide bonds. The van der Waals surface area contributed by atoms with Crippen molar-refractivity contribution in [3.05, 3.63) is 65.5 Å². The van der Waals surface area contributed by atoms with E-state index in [0.29, 0.717) is 48.9 Å². The van der Waals surface area contributed by atoms with Crippen LogP contribution in [0.4, 0.5) is 21.5 Å². The van der Waals surface area contributed by atoms with E-state index < -0.39 is 15.7 Å². The van der Waals surface area contributed by atoms with E-state index in [-0.39, 0.29) is 29.8 Å². The summed E-state index contributed by atoms with van der Waals surface area (Å²) in [4.78, 5) is 17.2. The van der Waals surface area contributed by atoms with Gasteiger partial charge in [-0.1, -0.05) is 12.1 Å². The predicted octanol–water partition coefficient (Wildman–Crippen LogP) is 5.02. The molecule has 3 aromatic carbocycles. The lowest BCUT2D eigenvalue weighted by molar-refractivity contribution is -0.121. The molecule has 0 spiro atoms. The number of anilines is 3. The summed E-state index contributed by atoms with van der Waals surface area (Å²) >= 11 is 0. The average Bonchev–Trinajstić information content (AvgIpc) is 3.00. The van der Waals surface area contributed by atoms with Crippen LogP contribution in [-0.4, -0.2) is 77.5 Å². The number of hydrogen-bond donors (Lipinski definition) is 2. The normalized spacial score (nSPS) is 16.6. The molecule has 0 aromatic heterocycles. The fourth-order valence-corrected chi connectivity index (χ4v) is 6.82. The van der Waals surface area contributed by atoms with Gasteiger partial charge in [-0.2, -0.15) is 8.42 Å². The Balaban J connectivity index is 1.46. The number of morpholine rings is 1. The van der Waals surface area contributed by atoms with Gasteiger partial charge in [-0.05, 0) is 75.2 Å². The summed E-state index contributed by atoms with van der Waals surface area (Å²) in [6.45, 7) is 9.36. The zero-order chi connectivity index (χ0) is 32.4. The van der Waals surface area contributed by atoms with Crippen LogP contribution in [0.1, 0.15) is 31.4 Å². The van der Waals surface area contributed by atoms with Crippen LogP contribution in [0.5, 0.6) is 11.5 Å². The van der Waals surface area contributed by atoms with Crippen LogP contribution in [0.2, 0.25) is 0 Å². The van der Waals surface area contributed by atoms with Gasteiger partial charge < -0.3 is 29.2 Å². The first-order valence-corrected chi connectivity index (χ1v) is 16.6. The average molecular weight is 641 g/mol. The first-order chi connectivity index (χ1) is 21.4. The monoisotopic (exact) mass is 640 g/mol. The predicted molar refractivity (Wildman–Crippen MR) is 174 cm³/mol. The SMILES string of the molecule is COc1cc(OS(=O)(=O)CCCN2CCOCC2)ccc1-c1ccc2c(c1CNc1cc(F)ccc1C)N(C)C(=O)C(C)(C)N2. The van der Waals surface area contributed by atoms with Crippen molar-refractivity contribution in [1.82, 2.24) is 4.90 Å². The van der Waals surface area contributed by atoms with E-state index in [1.54, 1.807) is 36.2 Å². The number of halogens is 1. The number of carbonyl (C=O) groups is 1. The number of nitrogens with zero attached hydrogens (tertiary/aromatic N) is 2. The second-order valence-electron chi connectivity index (χ2n) is 11.9. The molecule has 2 heterocycles. The number of fused-ring (bicyclic) bond motifs is 1. The maximum atomic E-state index is 14.1. The summed E-state index contributed by atoms with van der Waals surface area (Å²) in [6, 6.07) is 13.3. The molecule has 5 rings (SSSR count). The van der Waals surface area contributed by atoms with Crippen molar-refractivity contribution >= 4 is 33.1 Å². The second kappa shape index (κ2) is 13.2. The molecule has 0 aliphatic carbocycles. The number of hydrogen-bond acceptors (Lipinski definition) is 9. The summed E-state index contributed by atoms with van der Waals surface area (Å²) in [5.41, 5.74) is 4.37. The number of nitrogens with one attached hydrogen (secondary N) is 2. The third-order valence-corrected chi connectivity index (χ3v) is 9.45. The first-order valence-electron chi connectivity index (χ1n) is 15.0. The largest absolute Gasteiger partial charge is 0.496 e. The van der Waals surface area contributed by atoms with Crippen LogP contribution in [0.25, 0.3) is 11.1 Å². The summed E-state index contributed by atoms with van der Waals surface area (Å²) in [6.07, 6.45) is 0.449. The third-order valence-electron chi connectivity index (χ3n) is 8.22. The molecular weight excluding hydrogens is 599 g/mol. The van der Waals surface area contributed by atoms with Gasteiger partial charge in [-0.3, -0.25) is 9.69 Å². The Bertz CT molecular complexity index is 1670. The Hall–Kier alpha value is -3.87. The number of amides is 1. The molecule has 0 atom stereocenters. The molecule has 2 aliphatic heterocycles. The van der Waals surface area contributed by atoms with Crippen molar-refractivity contribution in [2.45, 2.75) is 39.3 Å². The standard InChI is InChI=1S/C33H41FN4O6S/c1-22-7-8-23(34)19-29(22)35-21-27-25(11-12-28-31(27)37(4)32(39)33(2,3)36-28)26-10-9-24(20-30(26)42-5)44-45(40,41)18-6-13-38-14-16-43-17-15-38/h7-12,19-20,35-36H,6,13-18,21H2,1-5H3. The fraction of sp³-hybridized carbons (Fsp3) is 0.424. The topological polar surface area (TPSA) is 109 Å². The molecule has 0 saturated carbocycles. The lowest BCUT2D eigenvalue weighted by Crippen LogP contribution is -2.52. The smallest absolute Gasteiger partial charge is 0.309 e. The van der Waals surface area contributed by atoms with Crippen LogP contribution in [0, 0.1) is 12.7 Å². The highest BCUT2D eigenvalue weighted by Crippen LogP contribution is 2.45. The van der Waals surface area contributed by atoms with Gasteiger partial charge in [-0.15, -0.1) is 0 Å². The van der Waals surface area contributed by atoms with Gasteiger partial charge in [-0.25, -0.2) is 4.39 Å². The third kappa shape index (κ3) is 7.34. The van der Waals surface area contributed by atoms with Crippen LogP contribution in [0.3, 0.4) is 0 Å². The van der Waals surface area contributed by atoms with Gasteiger partial charge in [0.15, 0.2) is 0 Å². The van der Waals surface area contributed by atoms with Crippen molar-refractivity contribution in [2.75, 3.05) is 68.3 Å². The Kier molecular flexibility index (Phi) is 9.57. The lowest BCUT2D eigenvalue weighted by atomic mass is 9.91. The highest BCUT2D eigenvalue weighted by Gasteiger charge is 2.38. The Labute approximate surface area is 264 Å². The minimum absolute atomic E-state index is 0.107. The highest BCUT2D eigenvalue weighted by atomic mass is 32.2. The van der Waals surface area contributed by atoms with E-state index in [9.17, 15) is 17.6 Å². The zero-order valence-electron chi connectivity index (χ0n) is 26.4. The number of methoxy groups -OCH3 is 1. The number of likely N-dealkylation sites (N-methyl/N-ethyl adjacent to an activating group) is 1. The van der Waals surface area contributed by atoms with Gasteiger partial charge in [0.05, 0.1) is 37.5 Å².